The Morgan fingerprint density at radius 2 is 1.66 bits per heavy atom. The molecule has 3 atom stereocenters. The monoisotopic (exact) mass is 553 g/mol. The molecule has 0 bridgehead atoms. The quantitative estimate of drug-likeness (QED) is 0.268. The van der Waals surface area contributed by atoms with Gasteiger partial charge in [0.15, 0.2) is 8.32 Å². The maximum absolute atomic E-state index is 13.2. The van der Waals surface area contributed by atoms with Crippen LogP contribution >= 0.6 is 0 Å². The topological polar surface area (TPSA) is 86.7 Å². The maximum Gasteiger partial charge on any atom is 0.412 e. The second-order valence-corrected chi connectivity index (χ2v) is 16.3. The number of methoxy groups -OCH3 is 1. The molecule has 1 fully saturated rings. The van der Waals surface area contributed by atoms with Crippen molar-refractivity contribution < 1.29 is 33.3 Å². The van der Waals surface area contributed by atoms with Crippen LogP contribution in [0.25, 0.3) is 0 Å². The fourth-order valence-corrected chi connectivity index (χ4v) is 7.96. The van der Waals surface area contributed by atoms with Crippen molar-refractivity contribution in [3.05, 3.63) is 24.3 Å². The van der Waals surface area contributed by atoms with Crippen LogP contribution in [0.2, 0.25) is 18.1 Å². The molecule has 2 rings (SSSR count). The van der Waals surface area contributed by atoms with Crippen LogP contribution < -0.4 is 9.47 Å². The molecule has 1 N–H and O–H groups in total. The van der Waals surface area contributed by atoms with Crippen molar-refractivity contribution in [3.63, 3.8) is 0 Å². The van der Waals surface area contributed by atoms with E-state index in [1.807, 2.05) is 58.9 Å². The normalized spacial score (nSPS) is 19.2. The van der Waals surface area contributed by atoms with Gasteiger partial charge >= 0.3 is 6.09 Å². The van der Waals surface area contributed by atoms with Gasteiger partial charge < -0.3 is 28.5 Å². The zero-order valence-corrected chi connectivity index (χ0v) is 26.0. The van der Waals surface area contributed by atoms with Crippen molar-refractivity contribution in [2.24, 2.45) is 0 Å². The third-order valence-corrected chi connectivity index (χ3v) is 12.1. The summed E-state index contributed by atoms with van der Waals surface area (Å²) < 4.78 is 30.5. The van der Waals surface area contributed by atoms with Crippen LogP contribution in [0.5, 0.6) is 11.5 Å². The number of hydrogen-bond acceptors (Lipinski definition) is 7. The Labute approximate surface area is 231 Å². The van der Waals surface area contributed by atoms with Crippen molar-refractivity contribution in [1.29, 1.82) is 0 Å². The Kier molecular flexibility index (Phi) is 11.9. The minimum absolute atomic E-state index is 0.0107. The van der Waals surface area contributed by atoms with Gasteiger partial charge in [0, 0.05) is 13.0 Å². The second-order valence-electron chi connectivity index (χ2n) is 11.6. The lowest BCUT2D eigenvalue weighted by Crippen LogP contribution is -2.50. The van der Waals surface area contributed by atoms with Gasteiger partial charge in [-0.25, -0.2) is 4.79 Å². The third-order valence-electron chi connectivity index (χ3n) is 7.46. The van der Waals surface area contributed by atoms with Gasteiger partial charge in [0.1, 0.15) is 28.9 Å². The van der Waals surface area contributed by atoms with Crippen molar-refractivity contribution in [3.8, 4) is 11.5 Å². The highest BCUT2D eigenvalue weighted by molar-refractivity contribution is 6.73. The van der Waals surface area contributed by atoms with E-state index in [1.165, 1.54) is 0 Å². The first-order valence-electron chi connectivity index (χ1n) is 14.1. The zero-order chi connectivity index (χ0) is 28.6. The summed E-state index contributed by atoms with van der Waals surface area (Å²) in [6, 6.07) is 10.4. The molecule has 0 saturated carbocycles. The van der Waals surface area contributed by atoms with Crippen molar-refractivity contribution in [1.82, 2.24) is 4.90 Å². The molecular weight excluding hydrogens is 502 g/mol. The van der Waals surface area contributed by atoms with Gasteiger partial charge in [0.05, 0.1) is 25.9 Å². The number of carbonyl (C=O) groups excluding carboxylic acids is 1. The summed E-state index contributed by atoms with van der Waals surface area (Å²) >= 11 is 0. The third kappa shape index (κ3) is 8.86. The fraction of sp³-hybridized carbons (Fsp3) is 0.759. The summed E-state index contributed by atoms with van der Waals surface area (Å²) in [6.07, 6.45) is 0.834. The smallest absolute Gasteiger partial charge is 0.412 e. The summed E-state index contributed by atoms with van der Waals surface area (Å²) in [5.74, 6) is 1.46. The van der Waals surface area contributed by atoms with Crippen LogP contribution in [0.4, 0.5) is 4.79 Å². The number of carbonyl (C=O) groups is 1. The number of aliphatic hydroxyl groups is 1. The molecule has 0 aromatic heterocycles. The molecule has 0 unspecified atom stereocenters. The average Bonchev–Trinajstić information content (AvgIpc) is 3.18. The average molecular weight is 554 g/mol. The van der Waals surface area contributed by atoms with E-state index in [2.05, 4.69) is 20.8 Å². The van der Waals surface area contributed by atoms with Crippen molar-refractivity contribution >= 4 is 14.4 Å². The van der Waals surface area contributed by atoms with E-state index in [0.717, 1.165) is 23.9 Å². The van der Waals surface area contributed by atoms with E-state index >= 15 is 0 Å². The Morgan fingerprint density at radius 3 is 2.16 bits per heavy atom. The van der Waals surface area contributed by atoms with E-state index in [1.54, 1.807) is 12.0 Å². The van der Waals surface area contributed by atoms with Crippen LogP contribution in [-0.2, 0) is 13.9 Å². The number of aliphatic hydroxyl groups excluding tert-OH is 1. The molecule has 38 heavy (non-hydrogen) atoms. The number of amides is 1. The van der Waals surface area contributed by atoms with Gasteiger partial charge in [-0.15, -0.1) is 0 Å². The predicted molar refractivity (Wildman–Crippen MR) is 152 cm³/mol. The molecule has 1 aliphatic rings. The molecule has 8 nitrogen and oxygen atoms in total. The highest BCUT2D eigenvalue weighted by Gasteiger charge is 2.46. The summed E-state index contributed by atoms with van der Waals surface area (Å²) in [4.78, 5) is 14.9. The lowest BCUT2D eigenvalue weighted by molar-refractivity contribution is -0.0632. The highest BCUT2D eigenvalue weighted by atomic mass is 28.4. The van der Waals surface area contributed by atoms with Crippen LogP contribution in [0.1, 0.15) is 74.7 Å². The van der Waals surface area contributed by atoms with E-state index in [-0.39, 0.29) is 30.9 Å². The number of rotatable bonds is 14. The van der Waals surface area contributed by atoms with Gasteiger partial charge in [-0.2, -0.15) is 0 Å². The van der Waals surface area contributed by atoms with Crippen LogP contribution in [0.15, 0.2) is 24.3 Å². The molecule has 1 aromatic rings. The SMILES string of the molecule is CC[Si](CC)(CC)O[C@H](CC[C@H]1COC(C)(C)N1C(=O)OC(C)(C)C)[C@H](CCO)Oc1ccc(OC)cc1. The largest absolute Gasteiger partial charge is 0.497 e. The van der Waals surface area contributed by atoms with Crippen molar-refractivity contribution in [2.45, 2.75) is 122 Å². The molecule has 0 radical (unpaired) electrons. The minimum Gasteiger partial charge on any atom is -0.497 e. The van der Waals surface area contributed by atoms with Crippen LogP contribution in [0.3, 0.4) is 0 Å². The first kappa shape index (κ1) is 32.4. The molecule has 1 heterocycles. The van der Waals surface area contributed by atoms with Gasteiger partial charge in [0.2, 0.25) is 0 Å². The molecule has 0 aliphatic carbocycles. The summed E-state index contributed by atoms with van der Waals surface area (Å²) in [7, 11) is -0.366. The van der Waals surface area contributed by atoms with Crippen LogP contribution in [-0.4, -0.2) is 74.3 Å². The van der Waals surface area contributed by atoms with Gasteiger partial charge in [-0.3, -0.25) is 4.90 Å². The molecule has 1 aromatic carbocycles. The molecule has 1 aliphatic heterocycles. The Balaban J connectivity index is 2.31. The maximum atomic E-state index is 13.2. The Bertz CT molecular complexity index is 843. The van der Waals surface area contributed by atoms with E-state index in [0.29, 0.717) is 31.6 Å². The zero-order valence-electron chi connectivity index (χ0n) is 25.0. The fourth-order valence-electron chi connectivity index (χ4n) is 5.05. The standard InChI is InChI=1S/C29H51NO7Si/c1-10-38(11-2,12-3)37-26(25(19-20-31)35-24-16-14-23(33-9)15-17-24)18-13-22-21-34-29(7,8)30(22)27(32)36-28(4,5)6/h14-17,22,25-26,31H,10-13,18-21H2,1-9H3/t22-,25-,26+/m0/s1. The van der Waals surface area contributed by atoms with E-state index < -0.39 is 19.6 Å². The van der Waals surface area contributed by atoms with E-state index in [4.69, 9.17) is 23.4 Å². The number of hydrogen-bond donors (Lipinski definition) is 1. The summed E-state index contributed by atoms with van der Waals surface area (Å²) in [5.41, 5.74) is -1.36. The van der Waals surface area contributed by atoms with Gasteiger partial charge in [-0.05, 0) is 89.9 Å². The molecule has 218 valence electrons. The number of nitrogens with zero attached hydrogens (tertiary/aromatic N) is 1. The molecular formula is C29H51NO7Si. The summed E-state index contributed by atoms with van der Waals surface area (Å²) in [6.45, 7) is 16.4. The molecule has 9 heteroatoms. The Morgan fingerprint density at radius 1 is 1.08 bits per heavy atom. The molecule has 1 amide bonds. The van der Waals surface area contributed by atoms with Gasteiger partial charge in [-0.1, -0.05) is 20.8 Å². The highest BCUT2D eigenvalue weighted by Crippen LogP contribution is 2.34. The first-order valence-corrected chi connectivity index (χ1v) is 16.6. The van der Waals surface area contributed by atoms with Crippen molar-refractivity contribution in [2.75, 3.05) is 20.3 Å². The minimum atomic E-state index is -2.00. The van der Waals surface area contributed by atoms with Crippen LogP contribution in [0, 0.1) is 0 Å². The van der Waals surface area contributed by atoms with Gasteiger partial charge in [0.25, 0.3) is 0 Å². The number of ether oxygens (including phenoxy) is 4. The number of benzene rings is 1. The predicted octanol–water partition coefficient (Wildman–Crippen LogP) is 6.37. The van der Waals surface area contributed by atoms with E-state index in [9.17, 15) is 9.90 Å². The summed E-state index contributed by atoms with van der Waals surface area (Å²) in [5, 5.41) is 9.95. The molecule has 0 spiro atoms. The molecule has 1 saturated heterocycles. The lowest BCUT2D eigenvalue weighted by atomic mass is 10.0. The second kappa shape index (κ2) is 14.0. The lowest BCUT2D eigenvalue weighted by Gasteiger charge is -2.38. The Hall–Kier alpha value is -1.81. The first-order chi connectivity index (χ1) is 17.8.